The van der Waals surface area contributed by atoms with Crippen molar-refractivity contribution in [3.05, 3.63) is 80.6 Å². The maximum absolute atomic E-state index is 12.1. The summed E-state index contributed by atoms with van der Waals surface area (Å²) in [6, 6.07) is 16.1. The van der Waals surface area contributed by atoms with Crippen LogP contribution in [-0.4, -0.2) is 16.4 Å². The largest absolute Gasteiger partial charge is 0.494 e. The summed E-state index contributed by atoms with van der Waals surface area (Å²) in [6.45, 7) is 2.88. The van der Waals surface area contributed by atoms with Crippen molar-refractivity contribution in [2.75, 3.05) is 6.61 Å². The van der Waals surface area contributed by atoms with E-state index in [-0.39, 0.29) is 5.56 Å². The number of rotatable bonds is 5. The van der Waals surface area contributed by atoms with Crippen molar-refractivity contribution in [1.82, 2.24) is 9.78 Å². The van der Waals surface area contributed by atoms with Crippen molar-refractivity contribution >= 4 is 23.2 Å². The highest BCUT2D eigenvalue weighted by atomic mass is 35.5. The van der Waals surface area contributed by atoms with E-state index in [4.69, 9.17) is 27.9 Å². The number of benzene rings is 2. The van der Waals surface area contributed by atoms with Crippen LogP contribution in [0.1, 0.15) is 12.5 Å². The van der Waals surface area contributed by atoms with Gasteiger partial charge in [0, 0.05) is 11.6 Å². The molecule has 3 aromatic rings. The monoisotopic (exact) mass is 374 g/mol. The Labute approximate surface area is 155 Å². The lowest BCUT2D eigenvalue weighted by Crippen LogP contribution is -2.22. The topological polar surface area (TPSA) is 44.1 Å². The maximum atomic E-state index is 12.1. The molecule has 0 spiro atoms. The van der Waals surface area contributed by atoms with Crippen LogP contribution < -0.4 is 10.3 Å². The normalized spacial score (nSPS) is 10.7. The van der Waals surface area contributed by atoms with Crippen molar-refractivity contribution in [2.45, 2.75) is 13.5 Å². The van der Waals surface area contributed by atoms with Crippen LogP contribution in [0.3, 0.4) is 0 Å². The van der Waals surface area contributed by atoms with Gasteiger partial charge in [0.25, 0.3) is 5.56 Å². The molecular weight excluding hydrogens is 359 g/mol. The van der Waals surface area contributed by atoms with Gasteiger partial charge in [-0.15, -0.1) is 0 Å². The van der Waals surface area contributed by atoms with Gasteiger partial charge >= 0.3 is 0 Å². The molecule has 128 valence electrons. The molecule has 0 unspecified atom stereocenters. The van der Waals surface area contributed by atoms with Crippen LogP contribution in [0.5, 0.6) is 5.75 Å². The van der Waals surface area contributed by atoms with E-state index >= 15 is 0 Å². The molecule has 0 aliphatic heterocycles. The number of hydrogen-bond donors (Lipinski definition) is 0. The minimum atomic E-state index is -0.180. The van der Waals surface area contributed by atoms with Gasteiger partial charge in [0.15, 0.2) is 0 Å². The van der Waals surface area contributed by atoms with Gasteiger partial charge in [-0.3, -0.25) is 4.79 Å². The fourth-order valence-corrected chi connectivity index (χ4v) is 2.74. The van der Waals surface area contributed by atoms with Crippen LogP contribution in [0, 0.1) is 0 Å². The third-order valence-electron chi connectivity index (χ3n) is 3.64. The van der Waals surface area contributed by atoms with Gasteiger partial charge in [0.05, 0.1) is 28.9 Å². The molecule has 25 heavy (non-hydrogen) atoms. The van der Waals surface area contributed by atoms with Crippen LogP contribution in [0.15, 0.2) is 59.4 Å². The summed E-state index contributed by atoms with van der Waals surface area (Å²) < 4.78 is 6.85. The molecule has 0 fully saturated rings. The molecule has 0 radical (unpaired) electrons. The summed E-state index contributed by atoms with van der Waals surface area (Å²) in [4.78, 5) is 12.1. The van der Waals surface area contributed by atoms with Crippen molar-refractivity contribution in [1.29, 1.82) is 0 Å². The average molecular weight is 375 g/mol. The zero-order chi connectivity index (χ0) is 17.8. The van der Waals surface area contributed by atoms with Gasteiger partial charge in [-0.2, -0.15) is 5.10 Å². The molecule has 4 nitrogen and oxygen atoms in total. The average Bonchev–Trinajstić information content (AvgIpc) is 2.61. The molecule has 0 N–H and O–H groups in total. The number of halogens is 2. The van der Waals surface area contributed by atoms with Gasteiger partial charge in [-0.25, -0.2) is 4.68 Å². The molecule has 0 saturated heterocycles. The third-order valence-corrected chi connectivity index (χ3v) is 4.38. The number of nitrogens with zero attached hydrogens (tertiary/aromatic N) is 2. The second-order valence-corrected chi connectivity index (χ2v) is 6.23. The van der Waals surface area contributed by atoms with Gasteiger partial charge in [-0.1, -0.05) is 29.3 Å². The summed E-state index contributed by atoms with van der Waals surface area (Å²) in [5.41, 5.74) is 2.29. The van der Waals surface area contributed by atoms with Crippen LogP contribution in [0.4, 0.5) is 0 Å². The van der Waals surface area contributed by atoms with Crippen LogP contribution >= 0.6 is 23.2 Å². The Morgan fingerprint density at radius 3 is 2.44 bits per heavy atom. The lowest BCUT2D eigenvalue weighted by molar-refractivity contribution is 0.340. The maximum Gasteiger partial charge on any atom is 0.267 e. The first-order chi connectivity index (χ1) is 12.1. The molecule has 0 bridgehead atoms. The summed E-state index contributed by atoms with van der Waals surface area (Å²) >= 11 is 12.0. The highest BCUT2D eigenvalue weighted by Gasteiger charge is 2.06. The molecule has 0 aliphatic carbocycles. The molecule has 3 rings (SSSR count). The second-order valence-electron chi connectivity index (χ2n) is 5.42. The summed E-state index contributed by atoms with van der Waals surface area (Å²) in [6.07, 6.45) is 0. The Morgan fingerprint density at radius 2 is 1.76 bits per heavy atom. The zero-order valence-electron chi connectivity index (χ0n) is 13.6. The minimum absolute atomic E-state index is 0.180. The van der Waals surface area contributed by atoms with Crippen LogP contribution in [0.25, 0.3) is 11.3 Å². The van der Waals surface area contributed by atoms with Gasteiger partial charge < -0.3 is 4.74 Å². The second kappa shape index (κ2) is 7.72. The molecule has 0 atom stereocenters. The lowest BCUT2D eigenvalue weighted by Gasteiger charge is -2.09. The lowest BCUT2D eigenvalue weighted by atomic mass is 10.1. The Bertz CT molecular complexity index is 937. The van der Waals surface area contributed by atoms with Gasteiger partial charge in [0.2, 0.25) is 0 Å². The quantitative estimate of drug-likeness (QED) is 0.651. The molecular formula is C19H16Cl2N2O2. The first-order valence-electron chi connectivity index (χ1n) is 7.82. The Balaban J connectivity index is 1.89. The highest BCUT2D eigenvalue weighted by Crippen LogP contribution is 2.23. The molecule has 0 saturated carbocycles. The summed E-state index contributed by atoms with van der Waals surface area (Å²) in [7, 11) is 0. The van der Waals surface area contributed by atoms with E-state index in [0.29, 0.717) is 28.9 Å². The van der Waals surface area contributed by atoms with E-state index in [1.165, 1.54) is 10.7 Å². The summed E-state index contributed by atoms with van der Waals surface area (Å²) in [5, 5.41) is 5.39. The van der Waals surface area contributed by atoms with E-state index in [9.17, 15) is 4.79 Å². The molecule has 0 amide bonds. The van der Waals surface area contributed by atoms with Crippen LogP contribution in [-0.2, 0) is 6.54 Å². The van der Waals surface area contributed by atoms with E-state index in [2.05, 4.69) is 5.10 Å². The Kier molecular flexibility index (Phi) is 5.41. The molecule has 1 aromatic heterocycles. The highest BCUT2D eigenvalue weighted by molar-refractivity contribution is 6.42. The smallest absolute Gasteiger partial charge is 0.267 e. The van der Waals surface area contributed by atoms with Crippen molar-refractivity contribution in [3.63, 3.8) is 0 Å². The SMILES string of the molecule is CCOc1ccc(-c2ccc(=O)n(Cc3ccc(Cl)c(Cl)c3)n2)cc1. The number of aromatic nitrogens is 2. The fraction of sp³-hybridized carbons (Fsp3) is 0.158. The van der Waals surface area contributed by atoms with Crippen molar-refractivity contribution in [2.24, 2.45) is 0 Å². The van der Waals surface area contributed by atoms with Crippen molar-refractivity contribution < 1.29 is 4.74 Å². The Morgan fingerprint density at radius 1 is 1.00 bits per heavy atom. The standard InChI is InChI=1S/C19H16Cl2N2O2/c1-2-25-15-6-4-14(5-7-15)18-9-10-19(24)23(22-18)12-13-3-8-16(20)17(21)11-13/h3-11H,2,12H2,1H3. The number of ether oxygens (including phenoxy) is 1. The number of hydrogen-bond acceptors (Lipinski definition) is 3. The zero-order valence-corrected chi connectivity index (χ0v) is 15.1. The molecule has 1 heterocycles. The Hall–Kier alpha value is -2.30. The molecule has 0 aliphatic rings. The van der Waals surface area contributed by atoms with Crippen molar-refractivity contribution in [3.8, 4) is 17.0 Å². The van der Waals surface area contributed by atoms with E-state index < -0.39 is 0 Å². The minimum Gasteiger partial charge on any atom is -0.494 e. The first-order valence-corrected chi connectivity index (χ1v) is 8.58. The van der Waals surface area contributed by atoms with E-state index in [1.54, 1.807) is 18.2 Å². The van der Waals surface area contributed by atoms with E-state index in [0.717, 1.165) is 16.9 Å². The fourth-order valence-electron chi connectivity index (χ4n) is 2.42. The predicted octanol–water partition coefficient (Wildman–Crippen LogP) is 4.66. The third kappa shape index (κ3) is 4.21. The van der Waals surface area contributed by atoms with Gasteiger partial charge in [0.1, 0.15) is 5.75 Å². The van der Waals surface area contributed by atoms with Gasteiger partial charge in [-0.05, 0) is 55.0 Å². The van der Waals surface area contributed by atoms with Crippen LogP contribution in [0.2, 0.25) is 10.0 Å². The summed E-state index contributed by atoms with van der Waals surface area (Å²) in [5.74, 6) is 0.801. The molecule has 6 heteroatoms. The molecule has 2 aromatic carbocycles. The van der Waals surface area contributed by atoms with E-state index in [1.807, 2.05) is 37.3 Å². The first kappa shape index (κ1) is 17.5. The predicted molar refractivity (Wildman–Crippen MR) is 101 cm³/mol.